The Hall–Kier alpha value is -2.39. The molecule has 0 spiro atoms. The van der Waals surface area contributed by atoms with E-state index in [4.69, 9.17) is 14.2 Å². The maximum atomic E-state index is 13.0. The molecule has 0 amide bonds. The average molecular weight is 384 g/mol. The molecular formula is C18H19F3N2O4. The molecule has 0 radical (unpaired) electrons. The normalized spacial score (nSPS) is 17.3. The predicted octanol–water partition coefficient (Wildman–Crippen LogP) is 3.09. The molecule has 0 N–H and O–H groups in total. The third kappa shape index (κ3) is 4.48. The fourth-order valence-electron chi connectivity index (χ4n) is 2.94. The van der Waals surface area contributed by atoms with Crippen molar-refractivity contribution in [2.75, 3.05) is 20.5 Å². The predicted molar refractivity (Wildman–Crippen MR) is 90.4 cm³/mol. The van der Waals surface area contributed by atoms with E-state index in [0.29, 0.717) is 13.2 Å². The van der Waals surface area contributed by atoms with Crippen LogP contribution in [0.1, 0.15) is 18.4 Å². The van der Waals surface area contributed by atoms with Crippen molar-refractivity contribution in [1.82, 2.24) is 9.55 Å². The molecule has 1 aliphatic rings. The highest BCUT2D eigenvalue weighted by Crippen LogP contribution is 2.36. The molecule has 27 heavy (non-hydrogen) atoms. The first-order chi connectivity index (χ1) is 12.9. The van der Waals surface area contributed by atoms with Gasteiger partial charge in [0.05, 0.1) is 30.1 Å². The zero-order valence-electron chi connectivity index (χ0n) is 14.7. The van der Waals surface area contributed by atoms with Gasteiger partial charge in [0.1, 0.15) is 5.75 Å². The third-order valence-electron chi connectivity index (χ3n) is 4.26. The molecule has 0 saturated carbocycles. The zero-order chi connectivity index (χ0) is 19.4. The monoisotopic (exact) mass is 384 g/mol. The van der Waals surface area contributed by atoms with Crippen LogP contribution in [-0.4, -0.2) is 36.2 Å². The fraction of sp³-hybridized carbons (Fsp3) is 0.444. The van der Waals surface area contributed by atoms with E-state index < -0.39 is 11.7 Å². The summed E-state index contributed by atoms with van der Waals surface area (Å²) in [6.07, 6.45) is -0.112. The van der Waals surface area contributed by atoms with E-state index in [1.54, 1.807) is 0 Å². The van der Waals surface area contributed by atoms with Gasteiger partial charge >= 0.3 is 6.18 Å². The molecule has 3 rings (SSSR count). The molecule has 9 heteroatoms. The summed E-state index contributed by atoms with van der Waals surface area (Å²) < 4.78 is 56.1. The highest BCUT2D eigenvalue weighted by molar-refractivity contribution is 5.69. The van der Waals surface area contributed by atoms with Crippen LogP contribution in [0.2, 0.25) is 0 Å². The Morgan fingerprint density at radius 2 is 2.15 bits per heavy atom. The average Bonchev–Trinajstić information content (AvgIpc) is 3.14. The van der Waals surface area contributed by atoms with Crippen molar-refractivity contribution in [3.8, 4) is 16.9 Å². The Bertz CT molecular complexity index is 845. The van der Waals surface area contributed by atoms with E-state index in [1.807, 2.05) is 0 Å². The number of alkyl halides is 3. The maximum Gasteiger partial charge on any atom is 0.416 e. The topological polar surface area (TPSA) is 62.6 Å². The number of aromatic nitrogens is 2. The first kappa shape index (κ1) is 19.4. The molecule has 0 bridgehead atoms. The van der Waals surface area contributed by atoms with Crippen molar-refractivity contribution < 1.29 is 27.4 Å². The van der Waals surface area contributed by atoms with Crippen LogP contribution in [0.15, 0.2) is 35.5 Å². The van der Waals surface area contributed by atoms with Gasteiger partial charge in [-0.2, -0.15) is 13.2 Å². The van der Waals surface area contributed by atoms with E-state index >= 15 is 0 Å². The van der Waals surface area contributed by atoms with Gasteiger partial charge in [-0.1, -0.05) is 0 Å². The number of methoxy groups -OCH3 is 1. The highest BCUT2D eigenvalue weighted by atomic mass is 19.4. The minimum absolute atomic E-state index is 0.0726. The molecule has 1 aromatic carbocycles. The van der Waals surface area contributed by atoms with Crippen LogP contribution in [0.3, 0.4) is 0 Å². The van der Waals surface area contributed by atoms with Gasteiger partial charge in [-0.25, -0.2) is 4.98 Å². The van der Waals surface area contributed by atoms with E-state index in [9.17, 15) is 18.0 Å². The van der Waals surface area contributed by atoms with E-state index in [0.717, 1.165) is 25.0 Å². The van der Waals surface area contributed by atoms with Crippen LogP contribution in [0.4, 0.5) is 13.2 Å². The van der Waals surface area contributed by atoms with Crippen molar-refractivity contribution in [3.63, 3.8) is 0 Å². The molecule has 1 aliphatic heterocycles. The summed E-state index contributed by atoms with van der Waals surface area (Å²) in [4.78, 5) is 16.9. The van der Waals surface area contributed by atoms with Crippen LogP contribution in [0, 0.1) is 0 Å². The SMILES string of the molecule is COCOc1cc(C(F)(F)F)ccc1-c1cncn(C[C@H]2CCCO2)c1=O. The molecule has 2 aromatic rings. The lowest BCUT2D eigenvalue weighted by Gasteiger charge is -2.16. The molecule has 0 unspecified atom stereocenters. The number of nitrogens with zero attached hydrogens (tertiary/aromatic N) is 2. The minimum Gasteiger partial charge on any atom is -0.467 e. The lowest BCUT2D eigenvalue weighted by molar-refractivity contribution is -0.137. The second kappa shape index (κ2) is 8.10. The van der Waals surface area contributed by atoms with Gasteiger partial charge in [-0.05, 0) is 31.0 Å². The number of halogens is 3. The molecule has 1 fully saturated rings. The van der Waals surface area contributed by atoms with Crippen molar-refractivity contribution in [1.29, 1.82) is 0 Å². The van der Waals surface area contributed by atoms with Gasteiger partial charge in [-0.15, -0.1) is 0 Å². The first-order valence-corrected chi connectivity index (χ1v) is 8.39. The molecule has 2 heterocycles. The van der Waals surface area contributed by atoms with Gasteiger partial charge < -0.3 is 14.2 Å². The maximum absolute atomic E-state index is 13.0. The van der Waals surface area contributed by atoms with Crippen molar-refractivity contribution in [2.45, 2.75) is 31.7 Å². The molecule has 0 aliphatic carbocycles. The number of ether oxygens (including phenoxy) is 3. The van der Waals surface area contributed by atoms with Gasteiger partial charge in [0.15, 0.2) is 6.79 Å². The highest BCUT2D eigenvalue weighted by Gasteiger charge is 2.31. The summed E-state index contributed by atoms with van der Waals surface area (Å²) in [5, 5.41) is 0. The lowest BCUT2D eigenvalue weighted by atomic mass is 10.0. The van der Waals surface area contributed by atoms with Gasteiger partial charge in [0.2, 0.25) is 0 Å². The summed E-state index contributed by atoms with van der Waals surface area (Å²) in [5.74, 6) is -0.0968. The van der Waals surface area contributed by atoms with Crippen LogP contribution >= 0.6 is 0 Å². The molecule has 6 nitrogen and oxygen atoms in total. The van der Waals surface area contributed by atoms with Gasteiger partial charge in [-0.3, -0.25) is 9.36 Å². The number of hydrogen-bond acceptors (Lipinski definition) is 5. The Kier molecular flexibility index (Phi) is 5.81. The van der Waals surface area contributed by atoms with E-state index in [1.165, 1.54) is 30.3 Å². The smallest absolute Gasteiger partial charge is 0.416 e. The van der Waals surface area contributed by atoms with E-state index in [2.05, 4.69) is 4.98 Å². The summed E-state index contributed by atoms with van der Waals surface area (Å²) in [5.41, 5.74) is -0.877. The standard InChI is InChI=1S/C18H19F3N2O4/c1-25-11-27-16-7-12(18(19,20)21)4-5-14(16)15-8-22-10-23(17(15)24)9-13-3-2-6-26-13/h4-5,7-8,10,13H,2-3,6,9,11H2,1H3/t13-/m1/s1. The quantitative estimate of drug-likeness (QED) is 0.717. The third-order valence-corrected chi connectivity index (χ3v) is 4.26. The Morgan fingerprint density at radius 1 is 1.33 bits per heavy atom. The fourth-order valence-corrected chi connectivity index (χ4v) is 2.94. The largest absolute Gasteiger partial charge is 0.467 e. The number of rotatable bonds is 6. The van der Waals surface area contributed by atoms with Crippen molar-refractivity contribution in [2.24, 2.45) is 0 Å². The van der Waals surface area contributed by atoms with Gasteiger partial charge in [0, 0.05) is 25.5 Å². The van der Waals surface area contributed by atoms with Crippen molar-refractivity contribution in [3.05, 3.63) is 46.6 Å². The number of hydrogen-bond donors (Lipinski definition) is 0. The van der Waals surface area contributed by atoms with Crippen LogP contribution < -0.4 is 10.3 Å². The molecule has 146 valence electrons. The molecule has 1 atom stereocenters. The second-order valence-electron chi connectivity index (χ2n) is 6.16. The van der Waals surface area contributed by atoms with E-state index in [-0.39, 0.29) is 35.3 Å². The molecule has 1 saturated heterocycles. The van der Waals surface area contributed by atoms with Crippen molar-refractivity contribution >= 4 is 0 Å². The Balaban J connectivity index is 2.00. The Morgan fingerprint density at radius 3 is 2.81 bits per heavy atom. The number of benzene rings is 1. The van der Waals surface area contributed by atoms with Crippen LogP contribution in [0.5, 0.6) is 5.75 Å². The lowest BCUT2D eigenvalue weighted by Crippen LogP contribution is -2.27. The summed E-state index contributed by atoms with van der Waals surface area (Å²) in [6, 6.07) is 2.97. The van der Waals surface area contributed by atoms with Gasteiger partial charge in [0.25, 0.3) is 5.56 Å². The second-order valence-corrected chi connectivity index (χ2v) is 6.16. The molecular weight excluding hydrogens is 365 g/mol. The van der Waals surface area contributed by atoms with Crippen LogP contribution in [-0.2, 0) is 22.2 Å². The van der Waals surface area contributed by atoms with Crippen LogP contribution in [0.25, 0.3) is 11.1 Å². The summed E-state index contributed by atoms with van der Waals surface area (Å²) in [6.45, 7) is 0.744. The zero-order valence-corrected chi connectivity index (χ0v) is 14.7. The molecule has 1 aromatic heterocycles. The first-order valence-electron chi connectivity index (χ1n) is 8.39. The minimum atomic E-state index is -4.53. The summed E-state index contributed by atoms with van der Waals surface area (Å²) in [7, 11) is 1.35. The Labute approximate surface area is 153 Å². The summed E-state index contributed by atoms with van der Waals surface area (Å²) >= 11 is 0.